The van der Waals surface area contributed by atoms with Crippen molar-refractivity contribution in [3.63, 3.8) is 0 Å². The summed E-state index contributed by atoms with van der Waals surface area (Å²) in [6.07, 6.45) is 0. The quantitative estimate of drug-likeness (QED) is 0.534. The van der Waals surface area contributed by atoms with E-state index in [1.165, 1.54) is 0 Å². The summed E-state index contributed by atoms with van der Waals surface area (Å²) in [6, 6.07) is 12.3. The smallest absolute Gasteiger partial charge is 0.268 e. The van der Waals surface area contributed by atoms with Crippen LogP contribution in [0.15, 0.2) is 64.4 Å². The number of anilines is 2. The summed E-state index contributed by atoms with van der Waals surface area (Å²) in [7, 11) is -8.73. The zero-order chi connectivity index (χ0) is 23.1. The van der Waals surface area contributed by atoms with E-state index in [1.807, 2.05) is 0 Å². The van der Waals surface area contributed by atoms with E-state index in [4.69, 9.17) is 28.3 Å². The van der Waals surface area contributed by atoms with Gasteiger partial charge in [0.05, 0.1) is 16.3 Å². The lowest BCUT2D eigenvalue weighted by atomic mass is 10.1. The van der Waals surface area contributed by atoms with Crippen molar-refractivity contribution in [2.75, 3.05) is 4.31 Å². The number of nitrogens with two attached hydrogens (primary N) is 1. The van der Waals surface area contributed by atoms with Crippen LogP contribution in [0.4, 0.5) is 11.4 Å². The standard InChI is InChI=1S/C20H18Cl2N2O5S2/c1-12-9-14(21)3-6-17(12)24(18-7-4-15(22)10-13(18)2)31(28,29)16-5-8-19(25)20(11-16)30(23,26)27/h3-11,25H,1-2H3,(H2,23,26,27). The van der Waals surface area contributed by atoms with Crippen LogP contribution in [-0.4, -0.2) is 21.9 Å². The molecule has 0 atom stereocenters. The molecule has 0 fully saturated rings. The highest BCUT2D eigenvalue weighted by atomic mass is 35.5. The first-order chi connectivity index (χ1) is 14.3. The van der Waals surface area contributed by atoms with Gasteiger partial charge in [0.15, 0.2) is 0 Å². The molecular formula is C20H18Cl2N2O5S2. The first-order valence-electron chi connectivity index (χ1n) is 8.76. The Labute approximate surface area is 190 Å². The van der Waals surface area contributed by atoms with E-state index in [0.29, 0.717) is 32.5 Å². The molecule has 0 spiro atoms. The first-order valence-corrected chi connectivity index (χ1v) is 12.5. The average molecular weight is 501 g/mol. The van der Waals surface area contributed by atoms with E-state index in [1.54, 1.807) is 50.2 Å². The van der Waals surface area contributed by atoms with E-state index in [0.717, 1.165) is 22.5 Å². The summed E-state index contributed by atoms with van der Waals surface area (Å²) in [4.78, 5) is -1.08. The van der Waals surface area contributed by atoms with E-state index >= 15 is 0 Å². The molecule has 0 heterocycles. The van der Waals surface area contributed by atoms with Gasteiger partial charge in [-0.1, -0.05) is 23.2 Å². The van der Waals surface area contributed by atoms with Crippen LogP contribution < -0.4 is 9.44 Å². The molecule has 0 aliphatic rings. The lowest BCUT2D eigenvalue weighted by Crippen LogP contribution is -2.28. The summed E-state index contributed by atoms with van der Waals surface area (Å²) in [5.74, 6) is -0.654. The Kier molecular flexibility index (Phi) is 6.28. The number of aromatic hydroxyl groups is 1. The van der Waals surface area contributed by atoms with E-state index in [2.05, 4.69) is 0 Å². The molecule has 0 aliphatic carbocycles. The van der Waals surface area contributed by atoms with Crippen LogP contribution in [0.3, 0.4) is 0 Å². The number of hydrogen-bond donors (Lipinski definition) is 2. The SMILES string of the molecule is Cc1cc(Cl)ccc1N(c1ccc(Cl)cc1C)S(=O)(=O)c1ccc(O)c(S(N)(=O)=O)c1. The third-order valence-corrected chi connectivity index (χ3v) is 7.67. The second-order valence-electron chi connectivity index (χ2n) is 6.81. The summed E-state index contributed by atoms with van der Waals surface area (Å²) >= 11 is 12.1. The molecule has 11 heteroatoms. The van der Waals surface area contributed by atoms with Crippen LogP contribution in [0.5, 0.6) is 5.75 Å². The maximum Gasteiger partial charge on any atom is 0.268 e. The van der Waals surface area contributed by atoms with Crippen molar-refractivity contribution < 1.29 is 21.9 Å². The van der Waals surface area contributed by atoms with Crippen LogP contribution >= 0.6 is 23.2 Å². The first kappa shape index (κ1) is 23.4. The average Bonchev–Trinajstić information content (AvgIpc) is 2.64. The van der Waals surface area contributed by atoms with E-state index in [9.17, 15) is 21.9 Å². The second kappa shape index (κ2) is 8.33. The molecular weight excluding hydrogens is 483 g/mol. The summed E-state index contributed by atoms with van der Waals surface area (Å²) in [5, 5.41) is 15.8. The number of aryl methyl sites for hydroxylation is 2. The zero-order valence-corrected chi connectivity index (χ0v) is 19.5. The summed E-state index contributed by atoms with van der Waals surface area (Å²) in [5.41, 5.74) is 1.74. The highest BCUT2D eigenvalue weighted by molar-refractivity contribution is 7.93. The molecule has 3 aromatic rings. The number of rotatable bonds is 5. The fourth-order valence-corrected chi connectivity index (χ4v) is 5.89. The number of benzene rings is 3. The van der Waals surface area contributed by atoms with Crippen LogP contribution in [0.2, 0.25) is 10.0 Å². The third kappa shape index (κ3) is 4.65. The van der Waals surface area contributed by atoms with Gasteiger partial charge in [0.25, 0.3) is 10.0 Å². The normalized spacial score (nSPS) is 12.0. The van der Waals surface area contributed by atoms with Gasteiger partial charge < -0.3 is 5.11 Å². The van der Waals surface area contributed by atoms with Crippen molar-refractivity contribution in [3.05, 3.63) is 75.8 Å². The minimum atomic E-state index is -4.37. The van der Waals surface area contributed by atoms with E-state index < -0.39 is 30.7 Å². The van der Waals surface area contributed by atoms with Crippen LogP contribution in [0.25, 0.3) is 0 Å². The second-order valence-corrected chi connectivity index (χ2v) is 11.0. The number of nitrogens with zero attached hydrogens (tertiary/aromatic N) is 1. The Morgan fingerprint density at radius 3 is 1.71 bits per heavy atom. The molecule has 0 radical (unpaired) electrons. The Hall–Kier alpha value is -2.30. The lowest BCUT2D eigenvalue weighted by molar-refractivity contribution is 0.458. The van der Waals surface area contributed by atoms with Crippen molar-refractivity contribution in [1.82, 2.24) is 0 Å². The van der Waals surface area contributed by atoms with Gasteiger partial charge in [-0.05, 0) is 79.6 Å². The number of halogens is 2. The van der Waals surface area contributed by atoms with Crippen molar-refractivity contribution in [2.45, 2.75) is 23.6 Å². The molecule has 3 aromatic carbocycles. The van der Waals surface area contributed by atoms with Gasteiger partial charge in [-0.3, -0.25) is 0 Å². The molecule has 0 amide bonds. The molecule has 3 N–H and O–H groups in total. The largest absolute Gasteiger partial charge is 0.507 e. The molecule has 164 valence electrons. The van der Waals surface area contributed by atoms with Gasteiger partial charge in [0.2, 0.25) is 10.0 Å². The van der Waals surface area contributed by atoms with Gasteiger partial charge in [-0.15, -0.1) is 0 Å². The van der Waals surface area contributed by atoms with Gasteiger partial charge in [0.1, 0.15) is 10.6 Å². The number of primary sulfonamides is 1. The van der Waals surface area contributed by atoms with Crippen molar-refractivity contribution >= 4 is 54.6 Å². The van der Waals surface area contributed by atoms with Gasteiger partial charge in [0, 0.05) is 10.0 Å². The maximum atomic E-state index is 13.7. The fourth-order valence-electron chi connectivity index (χ4n) is 3.07. The molecule has 3 rings (SSSR count). The minimum Gasteiger partial charge on any atom is -0.507 e. The molecule has 0 aromatic heterocycles. The Morgan fingerprint density at radius 2 is 1.29 bits per heavy atom. The monoisotopic (exact) mass is 500 g/mol. The number of phenols is 1. The predicted molar refractivity (Wildman–Crippen MR) is 121 cm³/mol. The molecule has 0 saturated heterocycles. The fraction of sp³-hybridized carbons (Fsp3) is 0.100. The van der Waals surface area contributed by atoms with Crippen molar-refractivity contribution in [1.29, 1.82) is 0 Å². The summed E-state index contributed by atoms with van der Waals surface area (Å²) < 4.78 is 52.2. The molecule has 0 bridgehead atoms. The number of hydrogen-bond acceptors (Lipinski definition) is 5. The maximum absolute atomic E-state index is 13.7. The summed E-state index contributed by atoms with van der Waals surface area (Å²) in [6.45, 7) is 3.39. The predicted octanol–water partition coefficient (Wildman–Crippen LogP) is 4.49. The molecule has 7 nitrogen and oxygen atoms in total. The van der Waals surface area contributed by atoms with Gasteiger partial charge in [-0.2, -0.15) is 0 Å². The topological polar surface area (TPSA) is 118 Å². The molecule has 0 aliphatic heterocycles. The zero-order valence-electron chi connectivity index (χ0n) is 16.4. The van der Waals surface area contributed by atoms with Crippen LogP contribution in [0.1, 0.15) is 11.1 Å². The molecule has 0 unspecified atom stereocenters. The number of phenolic OH excluding ortho intramolecular Hbond substituents is 1. The van der Waals surface area contributed by atoms with Gasteiger partial charge >= 0.3 is 0 Å². The van der Waals surface area contributed by atoms with Crippen molar-refractivity contribution in [3.8, 4) is 5.75 Å². The number of sulfonamides is 2. The Bertz CT molecular complexity index is 1340. The third-order valence-electron chi connectivity index (χ3n) is 4.53. The Morgan fingerprint density at radius 1 is 0.806 bits per heavy atom. The van der Waals surface area contributed by atoms with Crippen molar-refractivity contribution in [2.24, 2.45) is 5.14 Å². The van der Waals surface area contributed by atoms with Crippen LogP contribution in [0, 0.1) is 13.8 Å². The lowest BCUT2D eigenvalue weighted by Gasteiger charge is -2.28. The van der Waals surface area contributed by atoms with E-state index in [-0.39, 0.29) is 4.90 Å². The highest BCUT2D eigenvalue weighted by Gasteiger charge is 2.31. The van der Waals surface area contributed by atoms with Gasteiger partial charge in [-0.25, -0.2) is 26.3 Å². The minimum absolute atomic E-state index is 0.306. The molecule has 0 saturated carbocycles. The highest BCUT2D eigenvalue weighted by Crippen LogP contribution is 2.39. The van der Waals surface area contributed by atoms with Crippen LogP contribution in [-0.2, 0) is 20.0 Å². The Balaban J connectivity index is 2.34. The molecule has 31 heavy (non-hydrogen) atoms.